The first-order valence-electron chi connectivity index (χ1n) is 4.63. The van der Waals surface area contributed by atoms with Crippen molar-refractivity contribution in [1.82, 2.24) is 0 Å². The fourth-order valence-electron chi connectivity index (χ4n) is 0.247. The first kappa shape index (κ1) is 17.4. The minimum absolute atomic E-state index is 0.860. The average molecular weight is 260 g/mol. The standard InChI is InChI=1S/C4H10O5S2.C4H10/c1-4(2,3)9-10(5)11(6,7)8;1-3-4-2/h1-3H3,(H,6,7,8);3-4H2,1-2H3. The van der Waals surface area contributed by atoms with Gasteiger partial charge in [0.05, 0.1) is 5.60 Å². The Morgan fingerprint density at radius 1 is 1.20 bits per heavy atom. The van der Waals surface area contributed by atoms with Crippen molar-refractivity contribution in [3.63, 3.8) is 0 Å². The third-order valence-corrected chi connectivity index (χ3v) is 3.21. The molecule has 1 atom stereocenters. The molecule has 0 aliphatic heterocycles. The van der Waals surface area contributed by atoms with E-state index in [1.807, 2.05) is 0 Å². The fourth-order valence-corrected chi connectivity index (χ4v) is 1.61. The Bertz CT molecular complexity index is 274. The average Bonchev–Trinajstić information content (AvgIpc) is 2.00. The van der Waals surface area contributed by atoms with Crippen LogP contribution in [-0.2, 0) is 23.4 Å². The third kappa shape index (κ3) is 14.0. The summed E-state index contributed by atoms with van der Waals surface area (Å²) in [5.41, 5.74) is -0.860. The highest BCUT2D eigenvalue weighted by atomic mass is 33.2. The summed E-state index contributed by atoms with van der Waals surface area (Å²) >= 11 is 0. The van der Waals surface area contributed by atoms with E-state index in [-0.39, 0.29) is 0 Å². The van der Waals surface area contributed by atoms with Crippen molar-refractivity contribution in [3.05, 3.63) is 0 Å². The van der Waals surface area contributed by atoms with E-state index >= 15 is 0 Å². The molecule has 1 N–H and O–H groups in total. The van der Waals surface area contributed by atoms with E-state index < -0.39 is 24.9 Å². The molecule has 0 aromatic heterocycles. The molecule has 5 nitrogen and oxygen atoms in total. The van der Waals surface area contributed by atoms with Crippen LogP contribution >= 0.6 is 0 Å². The minimum atomic E-state index is -4.59. The summed E-state index contributed by atoms with van der Waals surface area (Å²) in [5, 5.41) is 0. The van der Waals surface area contributed by atoms with E-state index in [2.05, 4.69) is 18.0 Å². The van der Waals surface area contributed by atoms with Crippen molar-refractivity contribution in [2.45, 2.75) is 53.1 Å². The Morgan fingerprint density at radius 3 is 1.60 bits per heavy atom. The summed E-state index contributed by atoms with van der Waals surface area (Å²) in [6.45, 7) is 8.93. The molecule has 0 amide bonds. The maximum Gasteiger partial charge on any atom is 0.373 e. The number of unbranched alkanes of at least 4 members (excludes halogenated alkanes) is 1. The fraction of sp³-hybridized carbons (Fsp3) is 1.00. The normalized spacial score (nSPS) is 14.0. The molecule has 94 valence electrons. The van der Waals surface area contributed by atoms with Gasteiger partial charge in [0.1, 0.15) is 0 Å². The Hall–Kier alpha value is 0.0200. The summed E-state index contributed by atoms with van der Waals surface area (Å²) in [4.78, 5) is 0. The van der Waals surface area contributed by atoms with Crippen LogP contribution in [0.2, 0.25) is 0 Å². The van der Waals surface area contributed by atoms with Gasteiger partial charge in [-0.15, -0.1) is 0 Å². The van der Waals surface area contributed by atoms with Gasteiger partial charge >= 0.3 is 19.3 Å². The molecule has 15 heavy (non-hydrogen) atoms. The van der Waals surface area contributed by atoms with Crippen LogP contribution in [0.4, 0.5) is 0 Å². The van der Waals surface area contributed by atoms with E-state index in [0.717, 1.165) is 0 Å². The Balaban J connectivity index is 0. The number of hydrogen-bond acceptors (Lipinski definition) is 4. The van der Waals surface area contributed by atoms with Gasteiger partial charge in [-0.25, -0.2) is 4.21 Å². The first-order chi connectivity index (χ1) is 6.54. The molecule has 1 unspecified atom stereocenters. The van der Waals surface area contributed by atoms with E-state index in [0.29, 0.717) is 0 Å². The molecule has 0 aliphatic carbocycles. The van der Waals surface area contributed by atoms with Crippen molar-refractivity contribution < 1.29 is 21.4 Å². The zero-order valence-electron chi connectivity index (χ0n) is 9.81. The van der Waals surface area contributed by atoms with Crippen LogP contribution in [0.1, 0.15) is 47.5 Å². The van der Waals surface area contributed by atoms with Crippen molar-refractivity contribution in [2.24, 2.45) is 0 Å². The largest absolute Gasteiger partial charge is 0.373 e. The van der Waals surface area contributed by atoms with Gasteiger partial charge in [-0.1, -0.05) is 26.7 Å². The Labute approximate surface area is 94.0 Å². The smallest absolute Gasteiger partial charge is 0.274 e. The molecule has 0 saturated heterocycles. The van der Waals surface area contributed by atoms with Crippen LogP contribution in [0.3, 0.4) is 0 Å². The van der Waals surface area contributed by atoms with Gasteiger partial charge < -0.3 is 0 Å². The monoisotopic (exact) mass is 260 g/mol. The molecule has 0 saturated carbocycles. The predicted octanol–water partition coefficient (Wildman–Crippen LogP) is 2.07. The molecule has 0 fully saturated rings. The van der Waals surface area contributed by atoms with Crippen molar-refractivity contribution in [3.8, 4) is 0 Å². The molecular weight excluding hydrogens is 240 g/mol. The quantitative estimate of drug-likeness (QED) is 0.620. The summed E-state index contributed by atoms with van der Waals surface area (Å²) in [7, 11) is -7.27. The molecule has 0 radical (unpaired) electrons. The van der Waals surface area contributed by atoms with E-state index in [9.17, 15) is 12.6 Å². The van der Waals surface area contributed by atoms with Gasteiger partial charge in [0.15, 0.2) is 0 Å². The topological polar surface area (TPSA) is 80.7 Å². The van der Waals surface area contributed by atoms with E-state index in [4.69, 9.17) is 4.55 Å². The van der Waals surface area contributed by atoms with E-state index in [1.165, 1.54) is 33.6 Å². The molecule has 0 aromatic rings. The van der Waals surface area contributed by atoms with Crippen molar-refractivity contribution in [2.75, 3.05) is 0 Å². The van der Waals surface area contributed by atoms with E-state index in [1.54, 1.807) is 0 Å². The molecule has 0 rings (SSSR count). The number of rotatable bonds is 3. The molecule has 0 aliphatic rings. The highest BCUT2D eigenvalue weighted by Crippen LogP contribution is 2.11. The second kappa shape index (κ2) is 7.32. The lowest BCUT2D eigenvalue weighted by molar-refractivity contribution is 0.155. The van der Waals surface area contributed by atoms with Crippen molar-refractivity contribution in [1.29, 1.82) is 0 Å². The summed E-state index contributed by atoms with van der Waals surface area (Å²) in [6.07, 6.45) is 2.64. The van der Waals surface area contributed by atoms with Crippen LogP contribution in [0.5, 0.6) is 0 Å². The Morgan fingerprint density at radius 2 is 1.53 bits per heavy atom. The van der Waals surface area contributed by atoms with Gasteiger partial charge in [-0.2, -0.15) is 8.42 Å². The molecule has 7 heteroatoms. The summed E-state index contributed by atoms with van der Waals surface area (Å²) in [5.74, 6) is 0. The second-order valence-corrected chi connectivity index (χ2v) is 7.34. The summed E-state index contributed by atoms with van der Waals surface area (Å²) in [6, 6.07) is 0. The zero-order chi connectivity index (χ0) is 12.7. The number of hydrogen-bond donors (Lipinski definition) is 1. The van der Waals surface area contributed by atoms with Gasteiger partial charge in [0.25, 0.3) is 0 Å². The van der Waals surface area contributed by atoms with Crippen LogP contribution < -0.4 is 0 Å². The minimum Gasteiger partial charge on any atom is -0.274 e. The Kier molecular flexibility index (Phi) is 8.50. The summed E-state index contributed by atoms with van der Waals surface area (Å²) < 4.78 is 43.4. The van der Waals surface area contributed by atoms with Gasteiger partial charge in [-0.05, 0) is 20.8 Å². The van der Waals surface area contributed by atoms with Crippen LogP contribution in [0, 0.1) is 0 Å². The first-order valence-corrected chi connectivity index (χ1v) is 7.67. The molecule has 0 spiro atoms. The van der Waals surface area contributed by atoms with Gasteiger partial charge in [0, 0.05) is 0 Å². The van der Waals surface area contributed by atoms with Gasteiger partial charge in [-0.3, -0.25) is 8.74 Å². The second-order valence-electron chi connectivity index (χ2n) is 3.83. The maximum atomic E-state index is 10.5. The lowest BCUT2D eigenvalue weighted by Gasteiger charge is -2.15. The highest BCUT2D eigenvalue weighted by molar-refractivity contribution is 8.59. The molecule has 0 bridgehead atoms. The van der Waals surface area contributed by atoms with Crippen LogP contribution in [-0.4, -0.2) is 22.8 Å². The predicted molar refractivity (Wildman–Crippen MR) is 61.1 cm³/mol. The maximum absolute atomic E-state index is 10.5. The van der Waals surface area contributed by atoms with Crippen LogP contribution in [0.15, 0.2) is 0 Å². The molecular formula is C8H20O5S2. The zero-order valence-corrected chi connectivity index (χ0v) is 11.4. The molecule has 0 heterocycles. The lowest BCUT2D eigenvalue weighted by atomic mass is 10.2. The third-order valence-electron chi connectivity index (χ3n) is 0.990. The van der Waals surface area contributed by atoms with Crippen molar-refractivity contribution >= 4 is 19.3 Å². The molecule has 0 aromatic carbocycles. The SMILES string of the molecule is CC(C)(C)OS(=O)S(=O)(=O)O.CCCC. The van der Waals surface area contributed by atoms with Crippen LogP contribution in [0.25, 0.3) is 0 Å². The lowest BCUT2D eigenvalue weighted by Crippen LogP contribution is -2.24. The van der Waals surface area contributed by atoms with Gasteiger partial charge in [0.2, 0.25) is 0 Å². The highest BCUT2D eigenvalue weighted by Gasteiger charge is 2.24.